The summed E-state index contributed by atoms with van der Waals surface area (Å²) in [6.07, 6.45) is 1.33. The molecule has 12 heteroatoms. The molecule has 3 heterocycles. The van der Waals surface area contributed by atoms with Crippen molar-refractivity contribution in [1.29, 1.82) is 0 Å². The molecule has 0 saturated carbocycles. The van der Waals surface area contributed by atoms with Gasteiger partial charge >= 0.3 is 0 Å². The van der Waals surface area contributed by atoms with Crippen LogP contribution in [0.1, 0.15) is 50.3 Å². The average molecular weight is 777 g/mol. The highest BCUT2D eigenvalue weighted by Gasteiger charge is 2.33. The van der Waals surface area contributed by atoms with Crippen molar-refractivity contribution >= 4 is 44.4 Å². The van der Waals surface area contributed by atoms with Crippen molar-refractivity contribution in [3.63, 3.8) is 0 Å². The average Bonchev–Trinajstić information content (AvgIpc) is 3.79. The number of rotatable bonds is 13. The molecule has 272 valence electrons. The van der Waals surface area contributed by atoms with Crippen LogP contribution in [-0.2, 0) is 33.9 Å². The quantitative estimate of drug-likeness (QED) is 0.111. The topological polar surface area (TPSA) is 138 Å². The molecule has 1 aliphatic heterocycles. The third-order valence-electron chi connectivity index (χ3n) is 9.52. The Bertz CT molecular complexity index is 2200. The Labute approximate surface area is 316 Å². The molecule has 2 aromatic heterocycles. The minimum atomic E-state index is -0.670. The van der Waals surface area contributed by atoms with Gasteiger partial charge in [-0.3, -0.25) is 9.59 Å². The zero-order valence-electron chi connectivity index (χ0n) is 29.9. The standard InChI is InChI=1S/C41H42BrN7O4/c1-26(52-25-27-11-5-4-6-12-27)23-43-41(2,3)22-36(50)44-33-19-18-29-13-7-10-16-34(29)49(40(33)51)24-28-17-20-35-32(21-28)37(42)38(53-35)30-14-8-9-15-31(30)39-45-47-48-46-39/h4-17,20-21,26,33,43H,18-19,22-25H2,1-3H3,(H,44,50)(H,45,46,47,48)/t26-,33-/m1/s1. The summed E-state index contributed by atoms with van der Waals surface area (Å²) in [6, 6.07) is 31.0. The van der Waals surface area contributed by atoms with Crippen LogP contribution >= 0.6 is 15.9 Å². The summed E-state index contributed by atoms with van der Waals surface area (Å²) in [7, 11) is 0. The van der Waals surface area contributed by atoms with Crippen molar-refractivity contribution in [1.82, 2.24) is 31.3 Å². The summed E-state index contributed by atoms with van der Waals surface area (Å²) in [6.45, 7) is 7.43. The van der Waals surface area contributed by atoms with Gasteiger partial charge in [-0.05, 0) is 89.6 Å². The van der Waals surface area contributed by atoms with Crippen LogP contribution in [0.25, 0.3) is 33.7 Å². The third kappa shape index (κ3) is 8.40. The van der Waals surface area contributed by atoms with Gasteiger partial charge in [0.15, 0.2) is 0 Å². The van der Waals surface area contributed by atoms with Gasteiger partial charge in [-0.25, -0.2) is 0 Å². The number of aryl methyl sites for hydroxylation is 1. The van der Waals surface area contributed by atoms with E-state index < -0.39 is 11.6 Å². The normalized spacial score (nSPS) is 15.3. The molecule has 0 saturated heterocycles. The first-order valence-corrected chi connectivity index (χ1v) is 18.6. The molecule has 0 bridgehead atoms. The number of aromatic amines is 1. The number of anilines is 1. The number of carbonyl (C=O) groups is 2. The molecular weight excluding hydrogens is 734 g/mol. The first-order chi connectivity index (χ1) is 25.6. The Kier molecular flexibility index (Phi) is 10.8. The van der Waals surface area contributed by atoms with Crippen LogP contribution in [0.15, 0.2) is 106 Å². The number of fused-ring (bicyclic) bond motifs is 2. The molecule has 7 rings (SSSR count). The van der Waals surface area contributed by atoms with E-state index in [2.05, 4.69) is 53.3 Å². The lowest BCUT2D eigenvalue weighted by atomic mass is 9.99. The van der Waals surface area contributed by atoms with Gasteiger partial charge in [0, 0.05) is 40.7 Å². The Morgan fingerprint density at radius 2 is 1.77 bits per heavy atom. The number of para-hydroxylation sites is 1. The van der Waals surface area contributed by atoms with E-state index in [1.165, 1.54) is 0 Å². The van der Waals surface area contributed by atoms with Crippen molar-refractivity contribution in [2.75, 3.05) is 11.4 Å². The molecule has 2 amide bonds. The van der Waals surface area contributed by atoms with Gasteiger partial charge < -0.3 is 24.7 Å². The Hall–Kier alpha value is -5.17. The van der Waals surface area contributed by atoms with Crippen LogP contribution in [0.4, 0.5) is 5.69 Å². The monoisotopic (exact) mass is 775 g/mol. The molecule has 53 heavy (non-hydrogen) atoms. The maximum atomic E-state index is 14.3. The number of tetrazole rings is 1. The van der Waals surface area contributed by atoms with Gasteiger partial charge in [-0.15, -0.1) is 10.2 Å². The number of furan rings is 1. The molecule has 0 radical (unpaired) electrons. The maximum Gasteiger partial charge on any atom is 0.249 e. The number of H-pyrrole nitrogens is 1. The van der Waals surface area contributed by atoms with Crippen LogP contribution in [0.3, 0.4) is 0 Å². The highest BCUT2D eigenvalue weighted by Crippen LogP contribution is 2.41. The van der Waals surface area contributed by atoms with Gasteiger partial charge in [0.25, 0.3) is 0 Å². The lowest BCUT2D eigenvalue weighted by Gasteiger charge is -2.30. The van der Waals surface area contributed by atoms with E-state index >= 15 is 0 Å². The number of halogens is 1. The second-order valence-corrected chi connectivity index (χ2v) is 14.9. The maximum absolute atomic E-state index is 14.3. The number of ether oxygens (including phenoxy) is 1. The van der Waals surface area contributed by atoms with Crippen molar-refractivity contribution in [2.45, 2.75) is 70.9 Å². The summed E-state index contributed by atoms with van der Waals surface area (Å²) in [5, 5.41) is 22.0. The van der Waals surface area contributed by atoms with Crippen molar-refractivity contribution < 1.29 is 18.7 Å². The number of hydrogen-bond acceptors (Lipinski definition) is 8. The number of nitrogens with one attached hydrogen (secondary N) is 3. The van der Waals surface area contributed by atoms with Crippen LogP contribution in [0.2, 0.25) is 0 Å². The zero-order chi connectivity index (χ0) is 37.0. The van der Waals surface area contributed by atoms with E-state index in [1.807, 2.05) is 112 Å². The molecule has 2 atom stereocenters. The summed E-state index contributed by atoms with van der Waals surface area (Å²) in [5.41, 5.74) is 5.73. The van der Waals surface area contributed by atoms with Crippen LogP contribution in [0.5, 0.6) is 0 Å². The molecule has 4 aromatic carbocycles. The second kappa shape index (κ2) is 15.8. The number of carbonyl (C=O) groups excluding carboxylic acids is 2. The van der Waals surface area contributed by atoms with Crippen molar-refractivity contribution in [3.8, 4) is 22.7 Å². The molecular formula is C41H42BrN7O4. The fourth-order valence-electron chi connectivity index (χ4n) is 6.73. The van der Waals surface area contributed by atoms with E-state index in [-0.39, 0.29) is 24.3 Å². The Balaban J connectivity index is 1.05. The predicted molar refractivity (Wildman–Crippen MR) is 208 cm³/mol. The third-order valence-corrected chi connectivity index (χ3v) is 10.3. The van der Waals surface area contributed by atoms with Gasteiger partial charge in [-0.2, -0.15) is 5.21 Å². The van der Waals surface area contributed by atoms with Crippen molar-refractivity contribution in [3.05, 3.63) is 118 Å². The molecule has 0 unspecified atom stereocenters. The molecule has 1 aliphatic rings. The highest BCUT2D eigenvalue weighted by atomic mass is 79.9. The number of aromatic nitrogens is 4. The minimum absolute atomic E-state index is 0.0472. The molecule has 0 spiro atoms. The lowest BCUT2D eigenvalue weighted by molar-refractivity contribution is -0.128. The van der Waals surface area contributed by atoms with Crippen molar-refractivity contribution in [2.24, 2.45) is 0 Å². The first-order valence-electron chi connectivity index (χ1n) is 17.8. The van der Waals surface area contributed by atoms with E-state index in [0.717, 1.165) is 43.4 Å². The van der Waals surface area contributed by atoms with Gasteiger partial charge in [0.2, 0.25) is 17.6 Å². The number of benzene rings is 4. The van der Waals surface area contributed by atoms with Gasteiger partial charge in [-0.1, -0.05) is 78.9 Å². The molecule has 0 aliphatic carbocycles. The summed E-state index contributed by atoms with van der Waals surface area (Å²) in [5.74, 6) is 0.787. The summed E-state index contributed by atoms with van der Waals surface area (Å²) in [4.78, 5) is 29.6. The number of nitrogens with zero attached hydrogens (tertiary/aromatic N) is 4. The van der Waals surface area contributed by atoms with Crippen LogP contribution in [-0.4, -0.2) is 56.7 Å². The van der Waals surface area contributed by atoms with E-state index in [1.54, 1.807) is 4.90 Å². The lowest BCUT2D eigenvalue weighted by Crippen LogP contribution is -2.51. The van der Waals surface area contributed by atoms with Crippen LogP contribution < -0.4 is 15.5 Å². The molecule has 3 N–H and O–H groups in total. The minimum Gasteiger partial charge on any atom is -0.455 e. The van der Waals surface area contributed by atoms with Crippen LogP contribution in [0, 0.1) is 0 Å². The van der Waals surface area contributed by atoms with E-state index in [0.29, 0.717) is 49.7 Å². The number of amides is 2. The van der Waals surface area contributed by atoms with E-state index in [4.69, 9.17) is 9.15 Å². The molecule has 6 aromatic rings. The largest absolute Gasteiger partial charge is 0.455 e. The molecule has 11 nitrogen and oxygen atoms in total. The first kappa shape index (κ1) is 36.2. The Morgan fingerprint density at radius 3 is 2.57 bits per heavy atom. The van der Waals surface area contributed by atoms with Gasteiger partial charge in [0.05, 0.1) is 23.7 Å². The molecule has 0 fully saturated rings. The predicted octanol–water partition coefficient (Wildman–Crippen LogP) is 7.37. The second-order valence-electron chi connectivity index (χ2n) is 14.1. The zero-order valence-corrected chi connectivity index (χ0v) is 31.5. The van der Waals surface area contributed by atoms with E-state index in [9.17, 15) is 9.59 Å². The smallest absolute Gasteiger partial charge is 0.249 e. The highest BCUT2D eigenvalue weighted by molar-refractivity contribution is 9.10. The van der Waals surface area contributed by atoms with Gasteiger partial charge in [0.1, 0.15) is 17.4 Å². The SMILES string of the molecule is C[C@H](CNC(C)(C)CC(=O)N[C@@H]1CCc2ccccc2N(Cc2ccc3oc(-c4ccccc4-c4nn[nH]n4)c(Br)c3c2)C1=O)OCc1ccccc1. The number of hydrogen-bond donors (Lipinski definition) is 3. The Morgan fingerprint density at radius 1 is 1.02 bits per heavy atom. The summed E-state index contributed by atoms with van der Waals surface area (Å²) >= 11 is 3.79. The fourth-order valence-corrected chi connectivity index (χ4v) is 7.34. The summed E-state index contributed by atoms with van der Waals surface area (Å²) < 4.78 is 13.1. The fraction of sp³-hybridized carbons (Fsp3) is 0.293.